The minimum absolute atomic E-state index is 0.00438. The van der Waals surface area contributed by atoms with E-state index in [2.05, 4.69) is 10.6 Å². The number of hydrogen-bond acceptors (Lipinski definition) is 3. The summed E-state index contributed by atoms with van der Waals surface area (Å²) in [6.45, 7) is 1.96. The van der Waals surface area contributed by atoms with Crippen LogP contribution in [0.1, 0.15) is 24.8 Å². The molecule has 2 saturated heterocycles. The minimum Gasteiger partial charge on any atom is -0.355 e. The monoisotopic (exact) mass is 363 g/mol. The SMILES string of the molecule is O=C1CC(C(=O)N2CCC(C(=O)NCc3ccccc3Cl)CC2)CN1. The Hall–Kier alpha value is -2.08. The van der Waals surface area contributed by atoms with Gasteiger partial charge in [0, 0.05) is 43.5 Å². The molecule has 1 aromatic carbocycles. The molecular weight excluding hydrogens is 342 g/mol. The number of amides is 3. The number of rotatable bonds is 4. The van der Waals surface area contributed by atoms with Crippen LogP contribution >= 0.6 is 11.6 Å². The Kier molecular flexibility index (Phi) is 5.58. The number of nitrogens with zero attached hydrogens (tertiary/aromatic N) is 1. The third kappa shape index (κ3) is 4.31. The number of hydrogen-bond donors (Lipinski definition) is 2. The van der Waals surface area contributed by atoms with Gasteiger partial charge in [-0.25, -0.2) is 0 Å². The summed E-state index contributed by atoms with van der Waals surface area (Å²) in [6.07, 6.45) is 1.57. The molecule has 1 aromatic rings. The van der Waals surface area contributed by atoms with Crippen LogP contribution in [0.3, 0.4) is 0 Å². The molecule has 0 bridgehead atoms. The van der Waals surface area contributed by atoms with E-state index in [9.17, 15) is 14.4 Å². The van der Waals surface area contributed by atoms with Crippen molar-refractivity contribution >= 4 is 29.3 Å². The van der Waals surface area contributed by atoms with Crippen LogP contribution in [0.25, 0.3) is 0 Å². The predicted molar refractivity (Wildman–Crippen MR) is 93.7 cm³/mol. The van der Waals surface area contributed by atoms with E-state index in [1.807, 2.05) is 18.2 Å². The number of carbonyl (C=O) groups is 3. The van der Waals surface area contributed by atoms with Crippen LogP contribution in [0, 0.1) is 11.8 Å². The van der Waals surface area contributed by atoms with Crippen LogP contribution in [0.4, 0.5) is 0 Å². The van der Waals surface area contributed by atoms with Gasteiger partial charge < -0.3 is 15.5 Å². The second kappa shape index (κ2) is 7.87. The lowest BCUT2D eigenvalue weighted by atomic mass is 9.94. The Morgan fingerprint density at radius 1 is 1.20 bits per heavy atom. The first-order valence-electron chi connectivity index (χ1n) is 8.61. The normalized spacial score (nSPS) is 21.1. The highest BCUT2D eigenvalue weighted by Gasteiger charge is 2.34. The predicted octanol–water partition coefficient (Wildman–Crippen LogP) is 1.33. The topological polar surface area (TPSA) is 78.5 Å². The van der Waals surface area contributed by atoms with E-state index in [1.165, 1.54) is 0 Å². The third-order valence-electron chi connectivity index (χ3n) is 4.91. The molecule has 2 N–H and O–H groups in total. The average molecular weight is 364 g/mol. The molecule has 0 aliphatic carbocycles. The number of carbonyl (C=O) groups excluding carboxylic acids is 3. The van der Waals surface area contributed by atoms with Crippen molar-refractivity contribution in [1.29, 1.82) is 0 Å². The summed E-state index contributed by atoms with van der Waals surface area (Å²) in [5, 5.41) is 6.27. The van der Waals surface area contributed by atoms with Crippen molar-refractivity contribution in [2.24, 2.45) is 11.8 Å². The zero-order valence-corrected chi connectivity index (χ0v) is 14.7. The fourth-order valence-electron chi connectivity index (χ4n) is 3.37. The smallest absolute Gasteiger partial charge is 0.227 e. The van der Waals surface area contributed by atoms with Gasteiger partial charge in [0.15, 0.2) is 0 Å². The lowest BCUT2D eigenvalue weighted by molar-refractivity contribution is -0.139. The molecular formula is C18H22ClN3O3. The summed E-state index contributed by atoms with van der Waals surface area (Å²) in [5.74, 6) is -0.377. The van der Waals surface area contributed by atoms with Crippen LogP contribution in [0.15, 0.2) is 24.3 Å². The Bertz CT molecular complexity index is 671. The van der Waals surface area contributed by atoms with Crippen LogP contribution in [-0.4, -0.2) is 42.3 Å². The highest BCUT2D eigenvalue weighted by molar-refractivity contribution is 6.31. The standard InChI is InChI=1S/C18H22ClN3O3/c19-15-4-2-1-3-13(15)10-21-17(24)12-5-7-22(8-6-12)18(25)14-9-16(23)20-11-14/h1-4,12,14H,5-11H2,(H,20,23)(H,21,24). The molecule has 0 spiro atoms. The Morgan fingerprint density at radius 3 is 2.56 bits per heavy atom. The van der Waals surface area contributed by atoms with Crippen LogP contribution in [0.2, 0.25) is 5.02 Å². The molecule has 1 atom stereocenters. The van der Waals surface area contributed by atoms with Gasteiger partial charge >= 0.3 is 0 Å². The van der Waals surface area contributed by atoms with E-state index >= 15 is 0 Å². The average Bonchev–Trinajstić information content (AvgIpc) is 3.07. The molecule has 2 aliphatic heterocycles. The number of benzene rings is 1. The van der Waals surface area contributed by atoms with Gasteiger partial charge in [-0.3, -0.25) is 14.4 Å². The van der Waals surface area contributed by atoms with Crippen molar-refractivity contribution in [3.05, 3.63) is 34.9 Å². The van der Waals surface area contributed by atoms with Crippen molar-refractivity contribution in [2.75, 3.05) is 19.6 Å². The maximum Gasteiger partial charge on any atom is 0.227 e. The van der Waals surface area contributed by atoms with E-state index in [0.717, 1.165) is 5.56 Å². The lowest BCUT2D eigenvalue weighted by Gasteiger charge is -2.32. The lowest BCUT2D eigenvalue weighted by Crippen LogP contribution is -2.45. The molecule has 7 heteroatoms. The number of likely N-dealkylation sites (tertiary alicyclic amines) is 1. The Labute approximate surface area is 151 Å². The van der Waals surface area contributed by atoms with Crippen molar-refractivity contribution < 1.29 is 14.4 Å². The highest BCUT2D eigenvalue weighted by Crippen LogP contribution is 2.22. The molecule has 0 radical (unpaired) electrons. The highest BCUT2D eigenvalue weighted by atomic mass is 35.5. The zero-order valence-electron chi connectivity index (χ0n) is 14.0. The van der Waals surface area contributed by atoms with Crippen molar-refractivity contribution in [3.8, 4) is 0 Å². The molecule has 3 amide bonds. The van der Waals surface area contributed by atoms with E-state index < -0.39 is 0 Å². The van der Waals surface area contributed by atoms with Gasteiger partial charge in [0.05, 0.1) is 5.92 Å². The van der Waals surface area contributed by atoms with Gasteiger partial charge in [-0.05, 0) is 24.5 Å². The van der Waals surface area contributed by atoms with Gasteiger partial charge in [0.1, 0.15) is 0 Å². The molecule has 0 saturated carbocycles. The number of piperidine rings is 1. The van der Waals surface area contributed by atoms with Crippen LogP contribution in [-0.2, 0) is 20.9 Å². The zero-order chi connectivity index (χ0) is 17.8. The summed E-state index contributed by atoms with van der Waals surface area (Å²) < 4.78 is 0. The van der Waals surface area contributed by atoms with Gasteiger partial charge in [0.25, 0.3) is 0 Å². The summed E-state index contributed by atoms with van der Waals surface area (Å²) >= 11 is 6.10. The fourth-order valence-corrected chi connectivity index (χ4v) is 3.57. The van der Waals surface area contributed by atoms with E-state index in [4.69, 9.17) is 11.6 Å². The summed E-state index contributed by atoms with van der Waals surface area (Å²) in [5.41, 5.74) is 0.892. The van der Waals surface area contributed by atoms with Gasteiger partial charge in [-0.2, -0.15) is 0 Å². The molecule has 6 nitrogen and oxygen atoms in total. The quantitative estimate of drug-likeness (QED) is 0.847. The molecule has 0 aromatic heterocycles. The third-order valence-corrected chi connectivity index (χ3v) is 5.28. The summed E-state index contributed by atoms with van der Waals surface area (Å²) in [6, 6.07) is 7.44. The van der Waals surface area contributed by atoms with Crippen LogP contribution < -0.4 is 10.6 Å². The minimum atomic E-state index is -0.252. The van der Waals surface area contributed by atoms with E-state index in [0.29, 0.717) is 44.0 Å². The molecule has 2 aliphatic rings. The summed E-state index contributed by atoms with van der Waals surface area (Å²) in [7, 11) is 0. The second-order valence-electron chi connectivity index (χ2n) is 6.61. The maximum atomic E-state index is 12.4. The van der Waals surface area contributed by atoms with Gasteiger partial charge in [-0.15, -0.1) is 0 Å². The van der Waals surface area contributed by atoms with Gasteiger partial charge in [-0.1, -0.05) is 29.8 Å². The van der Waals surface area contributed by atoms with Crippen molar-refractivity contribution in [2.45, 2.75) is 25.8 Å². The summed E-state index contributed by atoms with van der Waals surface area (Å²) in [4.78, 5) is 37.8. The van der Waals surface area contributed by atoms with Crippen molar-refractivity contribution in [1.82, 2.24) is 15.5 Å². The van der Waals surface area contributed by atoms with Crippen LogP contribution in [0.5, 0.6) is 0 Å². The molecule has 25 heavy (non-hydrogen) atoms. The van der Waals surface area contributed by atoms with Gasteiger partial charge in [0.2, 0.25) is 17.7 Å². The largest absolute Gasteiger partial charge is 0.355 e. The second-order valence-corrected chi connectivity index (χ2v) is 7.02. The number of halogens is 1. The molecule has 134 valence electrons. The maximum absolute atomic E-state index is 12.4. The Balaban J connectivity index is 1.45. The van der Waals surface area contributed by atoms with E-state index in [-0.39, 0.29) is 36.0 Å². The fraction of sp³-hybridized carbons (Fsp3) is 0.500. The first-order valence-corrected chi connectivity index (χ1v) is 8.99. The number of nitrogens with one attached hydrogen (secondary N) is 2. The van der Waals surface area contributed by atoms with Crippen molar-refractivity contribution in [3.63, 3.8) is 0 Å². The van der Waals surface area contributed by atoms with E-state index in [1.54, 1.807) is 11.0 Å². The Morgan fingerprint density at radius 2 is 1.92 bits per heavy atom. The molecule has 3 rings (SSSR count). The molecule has 2 fully saturated rings. The first kappa shape index (κ1) is 17.7. The molecule has 2 heterocycles. The first-order chi connectivity index (χ1) is 12.0. The molecule has 1 unspecified atom stereocenters.